The van der Waals surface area contributed by atoms with E-state index in [2.05, 4.69) is 9.97 Å². The number of aromatic nitrogens is 2. The summed E-state index contributed by atoms with van der Waals surface area (Å²) >= 11 is 1.34. The minimum atomic E-state index is -3.61. The van der Waals surface area contributed by atoms with Gasteiger partial charge in [0.2, 0.25) is 0 Å². The van der Waals surface area contributed by atoms with E-state index in [-0.39, 0.29) is 17.0 Å². The topological polar surface area (TPSA) is 89.5 Å². The van der Waals surface area contributed by atoms with E-state index in [9.17, 15) is 13.2 Å². The number of para-hydroxylation sites is 1. The van der Waals surface area contributed by atoms with Crippen molar-refractivity contribution >= 4 is 42.4 Å². The first-order chi connectivity index (χ1) is 15.4. The van der Waals surface area contributed by atoms with Gasteiger partial charge in [0.1, 0.15) is 11.3 Å². The highest BCUT2D eigenvalue weighted by atomic mass is 32.2. The Kier molecular flexibility index (Phi) is 6.20. The van der Waals surface area contributed by atoms with Crippen molar-refractivity contribution in [3.63, 3.8) is 0 Å². The Morgan fingerprint density at radius 1 is 1.06 bits per heavy atom. The Bertz CT molecular complexity index is 1370. The summed E-state index contributed by atoms with van der Waals surface area (Å²) in [5.41, 5.74) is 1.40. The van der Waals surface area contributed by atoms with Crippen LogP contribution < -0.4 is 9.64 Å². The highest BCUT2D eigenvalue weighted by Gasteiger charge is 2.27. The minimum Gasteiger partial charge on any atom is -0.492 e. The summed E-state index contributed by atoms with van der Waals surface area (Å²) in [4.78, 5) is 24.1. The van der Waals surface area contributed by atoms with Crippen LogP contribution in [-0.4, -0.2) is 37.2 Å². The molecule has 0 bridgehead atoms. The number of pyridine rings is 1. The van der Waals surface area contributed by atoms with Gasteiger partial charge >= 0.3 is 0 Å². The molecule has 0 unspecified atom stereocenters. The molecule has 0 atom stereocenters. The number of amides is 1. The first-order valence-electron chi connectivity index (χ1n) is 9.91. The third kappa shape index (κ3) is 4.49. The van der Waals surface area contributed by atoms with Gasteiger partial charge in [-0.15, -0.1) is 0 Å². The molecule has 0 spiro atoms. The van der Waals surface area contributed by atoms with Crippen molar-refractivity contribution in [3.05, 3.63) is 78.1 Å². The molecule has 0 fully saturated rings. The lowest BCUT2D eigenvalue weighted by Crippen LogP contribution is -2.31. The van der Waals surface area contributed by atoms with Gasteiger partial charge in [0.05, 0.1) is 34.0 Å². The number of ether oxygens (including phenoxy) is 1. The van der Waals surface area contributed by atoms with Gasteiger partial charge in [0.15, 0.2) is 15.0 Å². The predicted octanol–water partition coefficient (Wildman–Crippen LogP) is 4.34. The molecule has 7 nitrogen and oxygen atoms in total. The molecule has 0 aliphatic heterocycles. The predicted molar refractivity (Wildman–Crippen MR) is 125 cm³/mol. The molecule has 0 aliphatic rings. The average molecular weight is 468 g/mol. The third-order valence-corrected chi connectivity index (χ3v) is 6.91. The van der Waals surface area contributed by atoms with E-state index in [1.54, 1.807) is 24.4 Å². The van der Waals surface area contributed by atoms with Crippen LogP contribution in [0.3, 0.4) is 0 Å². The molecule has 2 heterocycles. The number of nitrogens with zero attached hydrogens (tertiary/aromatic N) is 3. The molecule has 4 aromatic rings. The number of rotatable bonds is 7. The first-order valence-corrected chi connectivity index (χ1v) is 12.6. The zero-order valence-electron chi connectivity index (χ0n) is 17.6. The Hall–Kier alpha value is -3.30. The fourth-order valence-electron chi connectivity index (χ4n) is 3.29. The van der Waals surface area contributed by atoms with Gasteiger partial charge in [0, 0.05) is 12.5 Å². The molecular formula is C23H21N3O4S2. The Balaban J connectivity index is 1.85. The number of carbonyl (C=O) groups is 1. The number of carbonyl (C=O) groups excluding carboxylic acids is 1. The van der Waals surface area contributed by atoms with Crippen molar-refractivity contribution in [2.24, 2.45) is 0 Å². The molecule has 9 heteroatoms. The molecule has 0 saturated heterocycles. The number of hydrogen-bond donors (Lipinski definition) is 0. The SMILES string of the molecule is CCOc1cccc2sc(N(Cc3ccccn3)C(=O)c3ccccc3S(C)(=O)=O)nc12. The van der Waals surface area contributed by atoms with Crippen LogP contribution in [-0.2, 0) is 16.4 Å². The quantitative estimate of drug-likeness (QED) is 0.402. The van der Waals surface area contributed by atoms with Crippen molar-refractivity contribution in [3.8, 4) is 5.75 Å². The van der Waals surface area contributed by atoms with E-state index < -0.39 is 15.7 Å². The number of sulfone groups is 1. The number of anilines is 1. The number of hydrogen-bond acceptors (Lipinski definition) is 7. The smallest absolute Gasteiger partial charge is 0.261 e. The largest absolute Gasteiger partial charge is 0.492 e. The summed E-state index contributed by atoms with van der Waals surface area (Å²) in [6.07, 6.45) is 2.74. The molecule has 1 amide bonds. The summed E-state index contributed by atoms with van der Waals surface area (Å²) in [7, 11) is -3.61. The maximum atomic E-state index is 13.7. The second kappa shape index (κ2) is 9.05. The lowest BCUT2D eigenvalue weighted by atomic mass is 10.2. The van der Waals surface area contributed by atoms with Crippen molar-refractivity contribution in [2.45, 2.75) is 18.4 Å². The van der Waals surface area contributed by atoms with Crippen molar-refractivity contribution in [2.75, 3.05) is 17.8 Å². The standard InChI is InChI=1S/C23H21N3O4S2/c1-3-30-18-11-8-12-19-21(18)25-23(31-19)26(15-16-9-6-7-14-24-16)22(27)17-10-4-5-13-20(17)32(2,28)29/h4-14H,3,15H2,1-2H3. The summed E-state index contributed by atoms with van der Waals surface area (Å²) < 4.78 is 31.2. The second-order valence-corrected chi connectivity index (χ2v) is 10.0. The maximum Gasteiger partial charge on any atom is 0.261 e. The molecular weight excluding hydrogens is 446 g/mol. The van der Waals surface area contributed by atoms with Gasteiger partial charge < -0.3 is 4.74 Å². The lowest BCUT2D eigenvalue weighted by Gasteiger charge is -2.20. The number of fused-ring (bicyclic) bond motifs is 1. The van der Waals surface area contributed by atoms with Crippen LogP contribution in [0.2, 0.25) is 0 Å². The van der Waals surface area contributed by atoms with Crippen LogP contribution in [0.1, 0.15) is 23.0 Å². The lowest BCUT2D eigenvalue weighted by molar-refractivity contribution is 0.0981. The van der Waals surface area contributed by atoms with Crippen LogP contribution in [0, 0.1) is 0 Å². The van der Waals surface area contributed by atoms with Gasteiger partial charge in [-0.05, 0) is 43.3 Å². The van der Waals surface area contributed by atoms with E-state index >= 15 is 0 Å². The van der Waals surface area contributed by atoms with E-state index in [0.29, 0.717) is 28.7 Å². The highest BCUT2D eigenvalue weighted by Crippen LogP contribution is 2.35. The normalized spacial score (nSPS) is 11.4. The van der Waals surface area contributed by atoms with Gasteiger partial charge in [0.25, 0.3) is 5.91 Å². The minimum absolute atomic E-state index is 0.0212. The van der Waals surface area contributed by atoms with E-state index in [1.807, 2.05) is 37.3 Å². The molecule has 2 aromatic carbocycles. The summed E-state index contributed by atoms with van der Waals surface area (Å²) in [5.74, 6) is 0.169. The summed E-state index contributed by atoms with van der Waals surface area (Å²) in [6, 6.07) is 17.2. The highest BCUT2D eigenvalue weighted by molar-refractivity contribution is 7.90. The van der Waals surface area contributed by atoms with Crippen molar-refractivity contribution in [1.29, 1.82) is 0 Å². The Morgan fingerprint density at radius 2 is 1.84 bits per heavy atom. The summed E-state index contributed by atoms with van der Waals surface area (Å²) in [6.45, 7) is 2.52. The van der Waals surface area contributed by atoms with E-state index in [1.165, 1.54) is 28.4 Å². The Labute approximate surface area is 190 Å². The maximum absolute atomic E-state index is 13.7. The van der Waals surface area contributed by atoms with Crippen LogP contribution in [0.15, 0.2) is 71.8 Å². The third-order valence-electron chi connectivity index (χ3n) is 4.71. The zero-order valence-corrected chi connectivity index (χ0v) is 19.2. The molecule has 2 aromatic heterocycles. The number of thiazole rings is 1. The van der Waals surface area contributed by atoms with E-state index in [4.69, 9.17) is 4.74 Å². The van der Waals surface area contributed by atoms with Crippen molar-refractivity contribution < 1.29 is 17.9 Å². The van der Waals surface area contributed by atoms with Gasteiger partial charge in [-0.25, -0.2) is 13.4 Å². The summed E-state index contributed by atoms with van der Waals surface area (Å²) in [5, 5.41) is 0.436. The van der Waals surface area contributed by atoms with Crippen LogP contribution in [0.4, 0.5) is 5.13 Å². The molecule has 4 rings (SSSR count). The fraction of sp³-hybridized carbons (Fsp3) is 0.174. The Morgan fingerprint density at radius 3 is 2.56 bits per heavy atom. The van der Waals surface area contributed by atoms with Gasteiger partial charge in [-0.3, -0.25) is 14.7 Å². The van der Waals surface area contributed by atoms with Gasteiger partial charge in [-0.1, -0.05) is 35.6 Å². The average Bonchev–Trinajstić information content (AvgIpc) is 3.22. The molecule has 0 saturated carbocycles. The monoisotopic (exact) mass is 467 g/mol. The van der Waals surface area contributed by atoms with Crippen LogP contribution in [0.5, 0.6) is 5.75 Å². The second-order valence-electron chi connectivity index (χ2n) is 7.01. The molecule has 0 N–H and O–H groups in total. The fourth-order valence-corrected chi connectivity index (χ4v) is 5.15. The van der Waals surface area contributed by atoms with Crippen LogP contribution >= 0.6 is 11.3 Å². The van der Waals surface area contributed by atoms with Crippen LogP contribution in [0.25, 0.3) is 10.2 Å². The first kappa shape index (κ1) is 21.9. The van der Waals surface area contributed by atoms with Crippen molar-refractivity contribution in [1.82, 2.24) is 9.97 Å². The molecule has 0 aliphatic carbocycles. The number of benzene rings is 2. The molecule has 32 heavy (non-hydrogen) atoms. The molecule has 0 radical (unpaired) electrons. The van der Waals surface area contributed by atoms with Gasteiger partial charge in [-0.2, -0.15) is 0 Å². The molecule has 164 valence electrons. The van der Waals surface area contributed by atoms with E-state index in [0.717, 1.165) is 11.0 Å². The zero-order chi connectivity index (χ0) is 22.7.